The first-order valence-electron chi connectivity index (χ1n) is 6.30. The molecule has 0 spiro atoms. The molecule has 0 aromatic carbocycles. The van der Waals surface area contributed by atoms with Crippen molar-refractivity contribution in [2.75, 3.05) is 6.54 Å². The molecular formula is C12H22N2O. The average molecular weight is 210 g/mol. The molecule has 0 aromatic rings. The first kappa shape index (κ1) is 10.9. The Labute approximate surface area is 91.8 Å². The van der Waals surface area contributed by atoms with Crippen molar-refractivity contribution in [1.29, 1.82) is 0 Å². The summed E-state index contributed by atoms with van der Waals surface area (Å²) in [6, 6.07) is -0.0640. The molecule has 0 aliphatic heterocycles. The number of carbonyl (C=O) groups is 1. The van der Waals surface area contributed by atoms with Crippen molar-refractivity contribution in [3.8, 4) is 0 Å². The third-order valence-corrected chi connectivity index (χ3v) is 3.75. The molecule has 3 nitrogen and oxygen atoms in total. The van der Waals surface area contributed by atoms with Crippen LogP contribution in [0.25, 0.3) is 0 Å². The number of nitrogens with two attached hydrogens (primary N) is 1. The summed E-state index contributed by atoms with van der Waals surface area (Å²) in [5, 5.41) is 3.38. The zero-order chi connectivity index (χ0) is 10.7. The van der Waals surface area contributed by atoms with Gasteiger partial charge in [0.05, 0.1) is 6.04 Å². The zero-order valence-electron chi connectivity index (χ0n) is 9.37. The molecule has 2 aliphatic carbocycles. The second-order valence-electron chi connectivity index (χ2n) is 5.13. The van der Waals surface area contributed by atoms with E-state index >= 15 is 0 Å². The van der Waals surface area contributed by atoms with Gasteiger partial charge in [0.25, 0.3) is 0 Å². The van der Waals surface area contributed by atoms with Crippen molar-refractivity contribution in [2.45, 2.75) is 51.0 Å². The van der Waals surface area contributed by atoms with E-state index in [9.17, 15) is 4.79 Å². The van der Waals surface area contributed by atoms with E-state index in [1.807, 2.05) is 0 Å². The van der Waals surface area contributed by atoms with E-state index in [0.29, 0.717) is 5.92 Å². The predicted octanol–water partition coefficient (Wildman–Crippen LogP) is 1.42. The lowest BCUT2D eigenvalue weighted by Crippen LogP contribution is -2.47. The van der Waals surface area contributed by atoms with E-state index in [2.05, 4.69) is 5.32 Å². The summed E-state index contributed by atoms with van der Waals surface area (Å²) in [7, 11) is 0. The van der Waals surface area contributed by atoms with Crippen LogP contribution in [0.1, 0.15) is 44.9 Å². The number of amides is 1. The summed E-state index contributed by atoms with van der Waals surface area (Å²) in [5.74, 6) is 1.16. The number of carbonyl (C=O) groups excluding carboxylic acids is 1. The molecule has 2 saturated carbocycles. The highest BCUT2D eigenvalue weighted by Crippen LogP contribution is 2.30. The van der Waals surface area contributed by atoms with Gasteiger partial charge in [-0.25, -0.2) is 0 Å². The third-order valence-electron chi connectivity index (χ3n) is 3.75. The Morgan fingerprint density at radius 1 is 1.20 bits per heavy atom. The fraction of sp³-hybridized carbons (Fsp3) is 0.917. The van der Waals surface area contributed by atoms with Gasteiger partial charge in [-0.2, -0.15) is 0 Å². The van der Waals surface area contributed by atoms with Gasteiger partial charge in [0.2, 0.25) is 5.91 Å². The van der Waals surface area contributed by atoms with E-state index in [-0.39, 0.29) is 11.9 Å². The van der Waals surface area contributed by atoms with Gasteiger partial charge in [-0.1, -0.05) is 19.3 Å². The molecule has 0 aromatic heterocycles. The van der Waals surface area contributed by atoms with Gasteiger partial charge < -0.3 is 11.1 Å². The Balaban J connectivity index is 1.82. The summed E-state index contributed by atoms with van der Waals surface area (Å²) < 4.78 is 0. The highest BCUT2D eigenvalue weighted by molar-refractivity contribution is 5.80. The highest BCUT2D eigenvalue weighted by Gasteiger charge is 2.29. The molecule has 0 bridgehead atoms. The Bertz CT molecular complexity index is 220. The molecule has 2 aliphatic rings. The quantitative estimate of drug-likeness (QED) is 0.721. The van der Waals surface area contributed by atoms with Gasteiger partial charge in [0.1, 0.15) is 0 Å². The second-order valence-corrected chi connectivity index (χ2v) is 5.13. The monoisotopic (exact) mass is 210 g/mol. The first-order chi connectivity index (χ1) is 7.27. The predicted molar refractivity (Wildman–Crippen MR) is 60.3 cm³/mol. The summed E-state index contributed by atoms with van der Waals surface area (Å²) in [4.78, 5) is 11.4. The molecule has 15 heavy (non-hydrogen) atoms. The smallest absolute Gasteiger partial charge is 0.234 e. The Morgan fingerprint density at radius 3 is 2.40 bits per heavy atom. The molecule has 1 unspecified atom stereocenters. The molecule has 2 rings (SSSR count). The first-order valence-corrected chi connectivity index (χ1v) is 6.30. The largest absolute Gasteiger partial charge is 0.368 e. The van der Waals surface area contributed by atoms with Crippen molar-refractivity contribution in [2.24, 2.45) is 17.6 Å². The number of rotatable bonds is 5. The van der Waals surface area contributed by atoms with Crippen LogP contribution in [0.5, 0.6) is 0 Å². The lowest BCUT2D eigenvalue weighted by atomic mass is 9.83. The van der Waals surface area contributed by atoms with Crippen molar-refractivity contribution in [3.05, 3.63) is 0 Å². The summed E-state index contributed by atoms with van der Waals surface area (Å²) >= 11 is 0. The van der Waals surface area contributed by atoms with E-state index < -0.39 is 0 Å². The minimum Gasteiger partial charge on any atom is -0.368 e. The minimum absolute atomic E-state index is 0.0640. The lowest BCUT2D eigenvalue weighted by molar-refractivity contribution is -0.121. The maximum Gasteiger partial charge on any atom is 0.234 e. The highest BCUT2D eigenvalue weighted by atomic mass is 16.1. The van der Waals surface area contributed by atoms with Crippen molar-refractivity contribution in [1.82, 2.24) is 5.32 Å². The molecule has 1 amide bonds. The fourth-order valence-corrected chi connectivity index (χ4v) is 2.58. The number of hydrogen-bond acceptors (Lipinski definition) is 2. The van der Waals surface area contributed by atoms with Crippen molar-refractivity contribution >= 4 is 5.91 Å². The molecule has 86 valence electrons. The zero-order valence-corrected chi connectivity index (χ0v) is 9.37. The van der Waals surface area contributed by atoms with E-state index in [0.717, 1.165) is 12.5 Å². The maximum absolute atomic E-state index is 11.4. The molecule has 2 fully saturated rings. The molecule has 0 radical (unpaired) electrons. The maximum atomic E-state index is 11.4. The van der Waals surface area contributed by atoms with Gasteiger partial charge in [-0.3, -0.25) is 4.79 Å². The minimum atomic E-state index is -0.150. The van der Waals surface area contributed by atoms with Crippen molar-refractivity contribution < 1.29 is 4.79 Å². The van der Waals surface area contributed by atoms with Crippen LogP contribution in [0, 0.1) is 11.8 Å². The van der Waals surface area contributed by atoms with Crippen LogP contribution in [0.15, 0.2) is 0 Å². The van der Waals surface area contributed by atoms with Crippen LogP contribution in [-0.4, -0.2) is 18.5 Å². The van der Waals surface area contributed by atoms with E-state index in [1.165, 1.54) is 44.9 Å². The standard InChI is InChI=1S/C12H22N2O/c13-12(15)11(14-8-9-6-7-9)10-4-2-1-3-5-10/h9-11,14H,1-8H2,(H2,13,15). The van der Waals surface area contributed by atoms with Crippen LogP contribution in [0.3, 0.4) is 0 Å². The Morgan fingerprint density at radius 2 is 1.87 bits per heavy atom. The fourth-order valence-electron chi connectivity index (χ4n) is 2.58. The van der Waals surface area contributed by atoms with E-state index in [1.54, 1.807) is 0 Å². The lowest BCUT2D eigenvalue weighted by Gasteiger charge is -2.28. The Kier molecular flexibility index (Phi) is 3.62. The van der Waals surface area contributed by atoms with E-state index in [4.69, 9.17) is 5.73 Å². The number of primary amides is 1. The Hall–Kier alpha value is -0.570. The second kappa shape index (κ2) is 4.97. The molecule has 3 heteroatoms. The van der Waals surface area contributed by atoms with Gasteiger partial charge in [-0.15, -0.1) is 0 Å². The van der Waals surface area contributed by atoms with Crippen LogP contribution >= 0.6 is 0 Å². The summed E-state index contributed by atoms with van der Waals surface area (Å²) in [6.45, 7) is 0.990. The van der Waals surface area contributed by atoms with Crippen LogP contribution < -0.4 is 11.1 Å². The third kappa shape index (κ3) is 3.20. The summed E-state index contributed by atoms with van der Waals surface area (Å²) in [6.07, 6.45) is 8.84. The van der Waals surface area contributed by atoms with Crippen LogP contribution in [0.2, 0.25) is 0 Å². The van der Waals surface area contributed by atoms with Gasteiger partial charge in [0, 0.05) is 0 Å². The molecule has 0 saturated heterocycles. The van der Waals surface area contributed by atoms with Gasteiger partial charge in [0.15, 0.2) is 0 Å². The topological polar surface area (TPSA) is 55.1 Å². The number of hydrogen-bond donors (Lipinski definition) is 2. The molecular weight excluding hydrogens is 188 g/mol. The SMILES string of the molecule is NC(=O)C(NCC1CC1)C1CCCCC1. The van der Waals surface area contributed by atoms with Gasteiger partial charge >= 0.3 is 0 Å². The molecule has 3 N–H and O–H groups in total. The molecule has 1 atom stereocenters. The summed E-state index contributed by atoms with van der Waals surface area (Å²) in [5.41, 5.74) is 5.47. The normalized spacial score (nSPS) is 25.1. The molecule has 0 heterocycles. The van der Waals surface area contributed by atoms with Gasteiger partial charge in [-0.05, 0) is 44.1 Å². The van der Waals surface area contributed by atoms with Crippen LogP contribution in [-0.2, 0) is 4.79 Å². The number of nitrogens with one attached hydrogen (secondary N) is 1. The average Bonchev–Trinajstić information content (AvgIpc) is 3.03. The van der Waals surface area contributed by atoms with Crippen LogP contribution in [0.4, 0.5) is 0 Å². The van der Waals surface area contributed by atoms with Crippen molar-refractivity contribution in [3.63, 3.8) is 0 Å².